The molecule has 100 valence electrons. The Labute approximate surface area is 104 Å². The smallest absolute Gasteiger partial charge is 0.276 e. The summed E-state index contributed by atoms with van der Waals surface area (Å²) in [6.45, 7) is -1.31. The Bertz CT molecular complexity index is 406. The van der Waals surface area contributed by atoms with Crippen LogP contribution in [0.25, 0.3) is 0 Å². The predicted octanol–water partition coefficient (Wildman–Crippen LogP) is 0.789. The van der Waals surface area contributed by atoms with Gasteiger partial charge in [0.05, 0.1) is 18.7 Å². The quantitative estimate of drug-likeness (QED) is 0.819. The van der Waals surface area contributed by atoms with Crippen LogP contribution >= 0.6 is 0 Å². The third-order valence-electron chi connectivity index (χ3n) is 2.24. The fraction of sp³-hybridized carbons (Fsp3) is 0.455. The molecular weight excluding hydrogens is 242 g/mol. The molecule has 0 saturated heterocycles. The number of nitrogens with one attached hydrogen (secondary N) is 1. The van der Waals surface area contributed by atoms with Gasteiger partial charge in [-0.25, -0.2) is 13.8 Å². The molecule has 1 aromatic heterocycles. The van der Waals surface area contributed by atoms with E-state index < -0.39 is 19.0 Å². The molecule has 0 aliphatic heterocycles. The second kappa shape index (κ2) is 5.72. The lowest BCUT2D eigenvalue weighted by atomic mass is 10.2. The number of pyridine rings is 1. The predicted molar refractivity (Wildman–Crippen MR) is 64.7 cm³/mol. The molecule has 5 nitrogen and oxygen atoms in total. The fourth-order valence-corrected chi connectivity index (χ4v) is 1.18. The van der Waals surface area contributed by atoms with E-state index in [0.29, 0.717) is 5.56 Å². The van der Waals surface area contributed by atoms with Crippen molar-refractivity contribution in [1.29, 1.82) is 0 Å². The number of alkyl halides is 2. The lowest BCUT2D eigenvalue weighted by Crippen LogP contribution is -2.35. The van der Waals surface area contributed by atoms with Crippen molar-refractivity contribution in [1.82, 2.24) is 9.88 Å². The highest BCUT2D eigenvalue weighted by molar-refractivity contribution is 5.93. The highest BCUT2D eigenvalue weighted by atomic mass is 19.3. The fourth-order valence-electron chi connectivity index (χ4n) is 1.18. The monoisotopic (exact) mass is 258 g/mol. The SMILES string of the molecule is CN(C)C(=O)c1ccc(NCC(F)(F)CN)nc1. The normalized spacial score (nSPS) is 11.2. The second-order valence-electron chi connectivity index (χ2n) is 4.05. The van der Waals surface area contributed by atoms with Crippen molar-refractivity contribution in [2.75, 3.05) is 32.5 Å². The van der Waals surface area contributed by atoms with E-state index in [2.05, 4.69) is 10.3 Å². The molecule has 0 atom stereocenters. The summed E-state index contributed by atoms with van der Waals surface area (Å²) in [7, 11) is 3.24. The summed E-state index contributed by atoms with van der Waals surface area (Å²) in [5, 5.41) is 2.47. The summed E-state index contributed by atoms with van der Waals surface area (Å²) in [6.07, 6.45) is 1.34. The van der Waals surface area contributed by atoms with Crippen molar-refractivity contribution in [3.8, 4) is 0 Å². The van der Waals surface area contributed by atoms with Gasteiger partial charge in [0.15, 0.2) is 0 Å². The van der Waals surface area contributed by atoms with E-state index in [-0.39, 0.29) is 11.7 Å². The summed E-state index contributed by atoms with van der Waals surface area (Å²) >= 11 is 0. The van der Waals surface area contributed by atoms with E-state index in [4.69, 9.17) is 5.73 Å². The third kappa shape index (κ3) is 3.92. The molecular formula is C11H16F2N4O. The van der Waals surface area contributed by atoms with Crippen molar-refractivity contribution < 1.29 is 13.6 Å². The van der Waals surface area contributed by atoms with Crippen LogP contribution in [0, 0.1) is 0 Å². The van der Waals surface area contributed by atoms with E-state index in [9.17, 15) is 13.6 Å². The molecule has 0 unspecified atom stereocenters. The topological polar surface area (TPSA) is 71.2 Å². The molecule has 0 radical (unpaired) electrons. The number of anilines is 1. The molecule has 0 aliphatic rings. The molecule has 0 aromatic carbocycles. The van der Waals surface area contributed by atoms with Gasteiger partial charge in [-0.15, -0.1) is 0 Å². The Hall–Kier alpha value is -1.76. The third-order valence-corrected chi connectivity index (χ3v) is 2.24. The van der Waals surface area contributed by atoms with Gasteiger partial charge in [-0.2, -0.15) is 0 Å². The summed E-state index contributed by atoms with van der Waals surface area (Å²) in [6, 6.07) is 3.00. The Morgan fingerprint density at radius 2 is 2.17 bits per heavy atom. The van der Waals surface area contributed by atoms with Gasteiger partial charge in [-0.3, -0.25) is 4.79 Å². The molecule has 0 bridgehead atoms. The Balaban J connectivity index is 2.64. The lowest BCUT2D eigenvalue weighted by Gasteiger charge is -2.15. The van der Waals surface area contributed by atoms with Crippen LogP contribution in [0.15, 0.2) is 18.3 Å². The van der Waals surface area contributed by atoms with Gasteiger partial charge in [-0.1, -0.05) is 0 Å². The zero-order valence-corrected chi connectivity index (χ0v) is 10.3. The largest absolute Gasteiger partial charge is 0.364 e. The van der Waals surface area contributed by atoms with Gasteiger partial charge in [-0.05, 0) is 12.1 Å². The van der Waals surface area contributed by atoms with Gasteiger partial charge >= 0.3 is 0 Å². The average Bonchev–Trinajstić information content (AvgIpc) is 2.36. The molecule has 3 N–H and O–H groups in total. The highest BCUT2D eigenvalue weighted by Gasteiger charge is 2.26. The number of hydrogen-bond acceptors (Lipinski definition) is 4. The standard InChI is InChI=1S/C11H16F2N4O/c1-17(2)10(18)8-3-4-9(15-5-8)16-7-11(12,13)6-14/h3-5H,6-7,14H2,1-2H3,(H,15,16). The van der Waals surface area contributed by atoms with Crippen LogP contribution in [-0.2, 0) is 0 Å². The van der Waals surface area contributed by atoms with Crippen LogP contribution in [0.3, 0.4) is 0 Å². The minimum atomic E-state index is -2.97. The van der Waals surface area contributed by atoms with Crippen molar-refractivity contribution >= 4 is 11.7 Å². The van der Waals surface area contributed by atoms with Crippen LogP contribution in [0.2, 0.25) is 0 Å². The van der Waals surface area contributed by atoms with E-state index in [1.165, 1.54) is 23.2 Å². The summed E-state index contributed by atoms with van der Waals surface area (Å²) < 4.78 is 25.8. The molecule has 1 rings (SSSR count). The van der Waals surface area contributed by atoms with E-state index >= 15 is 0 Å². The highest BCUT2D eigenvalue weighted by Crippen LogP contribution is 2.13. The van der Waals surface area contributed by atoms with Crippen LogP contribution in [0.4, 0.5) is 14.6 Å². The van der Waals surface area contributed by atoms with Crippen LogP contribution < -0.4 is 11.1 Å². The number of nitrogens with two attached hydrogens (primary N) is 1. The number of carbonyl (C=O) groups excluding carboxylic acids is 1. The number of amides is 1. The molecule has 18 heavy (non-hydrogen) atoms. The average molecular weight is 258 g/mol. The van der Waals surface area contributed by atoms with E-state index in [1.807, 2.05) is 0 Å². The Kier molecular flexibility index (Phi) is 4.55. The summed E-state index contributed by atoms with van der Waals surface area (Å²) in [4.78, 5) is 16.8. The van der Waals surface area contributed by atoms with Gasteiger partial charge < -0.3 is 16.0 Å². The van der Waals surface area contributed by atoms with Crippen LogP contribution in [0.5, 0.6) is 0 Å². The van der Waals surface area contributed by atoms with Crippen LogP contribution in [0.1, 0.15) is 10.4 Å². The number of hydrogen-bond donors (Lipinski definition) is 2. The first-order valence-corrected chi connectivity index (χ1v) is 5.35. The molecule has 1 amide bonds. The van der Waals surface area contributed by atoms with Crippen molar-refractivity contribution in [2.45, 2.75) is 5.92 Å². The van der Waals surface area contributed by atoms with Gasteiger partial charge in [0.25, 0.3) is 11.8 Å². The number of aromatic nitrogens is 1. The molecule has 7 heteroatoms. The van der Waals surface area contributed by atoms with Gasteiger partial charge in [0, 0.05) is 20.3 Å². The number of nitrogens with zero attached hydrogens (tertiary/aromatic N) is 2. The number of carbonyl (C=O) groups is 1. The molecule has 0 spiro atoms. The van der Waals surface area contributed by atoms with E-state index in [1.54, 1.807) is 14.1 Å². The molecule has 1 aromatic rings. The lowest BCUT2D eigenvalue weighted by molar-refractivity contribution is 0.0253. The Morgan fingerprint density at radius 3 is 2.61 bits per heavy atom. The maximum Gasteiger partial charge on any atom is 0.276 e. The van der Waals surface area contributed by atoms with Crippen molar-refractivity contribution in [2.24, 2.45) is 5.73 Å². The van der Waals surface area contributed by atoms with Gasteiger partial charge in [0.2, 0.25) is 0 Å². The number of rotatable bonds is 5. The first kappa shape index (κ1) is 14.3. The maximum absolute atomic E-state index is 12.9. The first-order valence-electron chi connectivity index (χ1n) is 5.35. The molecule has 0 aliphatic carbocycles. The van der Waals surface area contributed by atoms with Crippen molar-refractivity contribution in [3.63, 3.8) is 0 Å². The summed E-state index contributed by atoms with van der Waals surface area (Å²) in [5.41, 5.74) is 5.31. The van der Waals surface area contributed by atoms with Crippen LogP contribution in [-0.4, -0.2) is 48.9 Å². The minimum absolute atomic E-state index is 0.193. The minimum Gasteiger partial charge on any atom is -0.364 e. The summed E-state index contributed by atoms with van der Waals surface area (Å²) in [5.74, 6) is -2.89. The zero-order valence-electron chi connectivity index (χ0n) is 10.3. The number of halogens is 2. The molecule has 0 saturated carbocycles. The van der Waals surface area contributed by atoms with Gasteiger partial charge in [0.1, 0.15) is 5.82 Å². The van der Waals surface area contributed by atoms with E-state index in [0.717, 1.165) is 0 Å². The molecule has 0 fully saturated rings. The first-order chi connectivity index (χ1) is 8.35. The molecule has 1 heterocycles. The zero-order chi connectivity index (χ0) is 13.8. The van der Waals surface area contributed by atoms with Crippen molar-refractivity contribution in [3.05, 3.63) is 23.9 Å². The Morgan fingerprint density at radius 1 is 1.50 bits per heavy atom. The second-order valence-corrected chi connectivity index (χ2v) is 4.05. The maximum atomic E-state index is 12.9.